The van der Waals surface area contributed by atoms with Gasteiger partial charge in [0, 0.05) is 6.04 Å². The standard InChI is InChI=1S/C11H18N2O2S2/c14-10(15)6-12-7-13(8-17-11(12)16)9-4-2-1-3-5-9/h9H,1-8H2,(H,14,15). The Morgan fingerprint density at radius 2 is 2.12 bits per heavy atom. The van der Waals surface area contributed by atoms with Crippen LogP contribution in [-0.2, 0) is 4.79 Å². The molecule has 17 heavy (non-hydrogen) atoms. The Morgan fingerprint density at radius 1 is 1.41 bits per heavy atom. The molecule has 0 spiro atoms. The van der Waals surface area contributed by atoms with Crippen molar-refractivity contribution in [2.75, 3.05) is 19.1 Å². The molecule has 1 aliphatic carbocycles. The maximum absolute atomic E-state index is 10.8. The molecule has 1 heterocycles. The SMILES string of the molecule is O=C(O)CN1CN(C2CCCCC2)CSC1=S. The van der Waals surface area contributed by atoms with Crippen molar-refractivity contribution in [1.82, 2.24) is 9.80 Å². The van der Waals surface area contributed by atoms with Gasteiger partial charge in [-0.1, -0.05) is 43.2 Å². The molecule has 2 aliphatic rings. The van der Waals surface area contributed by atoms with E-state index in [0.717, 1.165) is 10.2 Å². The number of rotatable bonds is 3. The summed E-state index contributed by atoms with van der Waals surface area (Å²) in [7, 11) is 0. The van der Waals surface area contributed by atoms with Crippen molar-refractivity contribution in [1.29, 1.82) is 0 Å². The first-order valence-electron chi connectivity index (χ1n) is 6.04. The molecule has 2 fully saturated rings. The van der Waals surface area contributed by atoms with Crippen molar-refractivity contribution in [2.45, 2.75) is 38.1 Å². The Labute approximate surface area is 111 Å². The number of nitrogens with zero attached hydrogens (tertiary/aromatic N) is 2. The quantitative estimate of drug-likeness (QED) is 0.794. The first-order valence-corrected chi connectivity index (χ1v) is 7.44. The van der Waals surface area contributed by atoms with Gasteiger partial charge in [-0.25, -0.2) is 0 Å². The van der Waals surface area contributed by atoms with Gasteiger partial charge >= 0.3 is 5.97 Å². The molecule has 4 nitrogen and oxygen atoms in total. The third kappa shape index (κ3) is 3.56. The molecule has 0 unspecified atom stereocenters. The van der Waals surface area contributed by atoms with Gasteiger partial charge in [0.05, 0.1) is 12.5 Å². The molecule has 0 aromatic heterocycles. The van der Waals surface area contributed by atoms with E-state index in [1.54, 1.807) is 16.7 Å². The zero-order valence-corrected chi connectivity index (χ0v) is 11.4. The molecule has 0 aromatic rings. The maximum atomic E-state index is 10.8. The fourth-order valence-corrected chi connectivity index (χ4v) is 3.65. The summed E-state index contributed by atoms with van der Waals surface area (Å²) in [6.45, 7) is 0.706. The molecule has 1 N–H and O–H groups in total. The maximum Gasteiger partial charge on any atom is 0.323 e. The van der Waals surface area contributed by atoms with Gasteiger partial charge in [-0.3, -0.25) is 9.69 Å². The van der Waals surface area contributed by atoms with E-state index in [4.69, 9.17) is 17.3 Å². The molecule has 96 valence electrons. The average Bonchev–Trinajstić information content (AvgIpc) is 2.32. The zero-order chi connectivity index (χ0) is 12.3. The van der Waals surface area contributed by atoms with Crippen molar-refractivity contribution in [3.05, 3.63) is 0 Å². The molecule has 0 aromatic carbocycles. The van der Waals surface area contributed by atoms with Crippen LogP contribution in [0.5, 0.6) is 0 Å². The van der Waals surface area contributed by atoms with Crippen molar-refractivity contribution in [2.24, 2.45) is 0 Å². The second-order valence-electron chi connectivity index (χ2n) is 4.65. The highest BCUT2D eigenvalue weighted by Crippen LogP contribution is 2.27. The molecular weight excluding hydrogens is 256 g/mol. The molecule has 1 aliphatic heterocycles. The third-order valence-electron chi connectivity index (χ3n) is 3.38. The topological polar surface area (TPSA) is 43.8 Å². The van der Waals surface area contributed by atoms with Crippen LogP contribution in [0.1, 0.15) is 32.1 Å². The van der Waals surface area contributed by atoms with Gasteiger partial charge in [0.25, 0.3) is 0 Å². The van der Waals surface area contributed by atoms with Crippen LogP contribution in [0.3, 0.4) is 0 Å². The lowest BCUT2D eigenvalue weighted by Gasteiger charge is -2.41. The van der Waals surface area contributed by atoms with Gasteiger partial charge in [0.2, 0.25) is 0 Å². The first-order chi connectivity index (χ1) is 8.16. The van der Waals surface area contributed by atoms with Gasteiger partial charge in [0.15, 0.2) is 0 Å². The Morgan fingerprint density at radius 3 is 2.76 bits per heavy atom. The van der Waals surface area contributed by atoms with Gasteiger partial charge < -0.3 is 10.0 Å². The number of hydrogen-bond acceptors (Lipinski definition) is 4. The van der Waals surface area contributed by atoms with Gasteiger partial charge in [-0.05, 0) is 12.8 Å². The fourth-order valence-electron chi connectivity index (χ4n) is 2.49. The summed E-state index contributed by atoms with van der Waals surface area (Å²) in [6.07, 6.45) is 6.43. The molecule has 2 rings (SSSR count). The number of thioether (sulfide) groups is 1. The second-order valence-corrected chi connectivity index (χ2v) is 6.23. The van der Waals surface area contributed by atoms with E-state index in [2.05, 4.69) is 4.90 Å². The van der Waals surface area contributed by atoms with Crippen LogP contribution in [0.15, 0.2) is 0 Å². The number of carbonyl (C=O) groups is 1. The number of aliphatic carboxylic acids is 1. The summed E-state index contributed by atoms with van der Waals surface area (Å²) < 4.78 is 0.722. The number of hydrogen-bond donors (Lipinski definition) is 1. The number of carboxylic acids is 1. The summed E-state index contributed by atoms with van der Waals surface area (Å²) in [4.78, 5) is 14.9. The summed E-state index contributed by atoms with van der Waals surface area (Å²) in [6, 6.07) is 0.621. The minimum Gasteiger partial charge on any atom is -0.480 e. The molecule has 6 heteroatoms. The van der Waals surface area contributed by atoms with Crippen molar-refractivity contribution in [3.63, 3.8) is 0 Å². The molecule has 0 atom stereocenters. The van der Waals surface area contributed by atoms with Gasteiger partial charge in [-0.15, -0.1) is 0 Å². The first kappa shape index (κ1) is 13.1. The van der Waals surface area contributed by atoms with Crippen molar-refractivity contribution >= 4 is 34.3 Å². The van der Waals surface area contributed by atoms with Crippen LogP contribution >= 0.6 is 24.0 Å². The van der Waals surface area contributed by atoms with E-state index in [9.17, 15) is 4.79 Å². The summed E-state index contributed by atoms with van der Waals surface area (Å²) in [5.41, 5.74) is 0. The van der Waals surface area contributed by atoms with E-state index in [1.165, 1.54) is 32.1 Å². The van der Waals surface area contributed by atoms with Crippen molar-refractivity contribution < 1.29 is 9.90 Å². The second kappa shape index (κ2) is 6.02. The Balaban J connectivity index is 1.91. The van der Waals surface area contributed by atoms with E-state index in [1.807, 2.05) is 0 Å². The lowest BCUT2D eigenvalue weighted by Crippen LogP contribution is -2.50. The van der Waals surface area contributed by atoms with Crippen LogP contribution in [0.4, 0.5) is 0 Å². The summed E-state index contributed by atoms with van der Waals surface area (Å²) in [5, 5.41) is 8.85. The number of carboxylic acid groups (broad SMARTS) is 1. The van der Waals surface area contributed by atoms with E-state index < -0.39 is 5.97 Å². The fraction of sp³-hybridized carbons (Fsp3) is 0.818. The minimum absolute atomic E-state index is 0.0229. The monoisotopic (exact) mass is 274 g/mol. The highest BCUT2D eigenvalue weighted by Gasteiger charge is 2.28. The highest BCUT2D eigenvalue weighted by atomic mass is 32.2. The third-order valence-corrected chi connectivity index (χ3v) is 4.96. The van der Waals surface area contributed by atoms with Crippen LogP contribution in [-0.4, -0.2) is 50.3 Å². The molecule has 0 radical (unpaired) electrons. The number of thiocarbonyl (C=S) groups is 1. The Kier molecular flexibility index (Phi) is 4.64. The van der Waals surface area contributed by atoms with Gasteiger partial charge in [-0.2, -0.15) is 0 Å². The molecular formula is C11H18N2O2S2. The molecule has 0 amide bonds. The van der Waals surface area contributed by atoms with E-state index in [0.29, 0.717) is 12.7 Å². The lowest BCUT2D eigenvalue weighted by molar-refractivity contribution is -0.137. The predicted molar refractivity (Wildman–Crippen MR) is 73.0 cm³/mol. The average molecular weight is 274 g/mol. The van der Waals surface area contributed by atoms with E-state index in [-0.39, 0.29) is 6.54 Å². The lowest BCUT2D eigenvalue weighted by atomic mass is 9.95. The highest BCUT2D eigenvalue weighted by molar-refractivity contribution is 8.22. The zero-order valence-electron chi connectivity index (χ0n) is 9.80. The smallest absolute Gasteiger partial charge is 0.323 e. The van der Waals surface area contributed by atoms with Crippen molar-refractivity contribution in [3.8, 4) is 0 Å². The summed E-state index contributed by atoms with van der Waals surface area (Å²) in [5.74, 6) is 0.109. The Hall–Kier alpha value is -0.330. The van der Waals surface area contributed by atoms with Crippen LogP contribution in [0.2, 0.25) is 0 Å². The minimum atomic E-state index is -0.807. The normalized spacial score (nSPS) is 24.0. The van der Waals surface area contributed by atoms with Crippen LogP contribution < -0.4 is 0 Å². The molecule has 1 saturated carbocycles. The molecule has 1 saturated heterocycles. The largest absolute Gasteiger partial charge is 0.480 e. The Bertz CT molecular complexity index is 306. The van der Waals surface area contributed by atoms with E-state index >= 15 is 0 Å². The molecule has 0 bridgehead atoms. The van der Waals surface area contributed by atoms with Gasteiger partial charge in [0.1, 0.15) is 10.9 Å². The summed E-state index contributed by atoms with van der Waals surface area (Å²) >= 11 is 6.79. The predicted octanol–water partition coefficient (Wildman–Crippen LogP) is 1.95. The van der Waals surface area contributed by atoms with Crippen LogP contribution in [0, 0.1) is 0 Å². The van der Waals surface area contributed by atoms with Crippen LogP contribution in [0.25, 0.3) is 0 Å².